The molecule has 0 saturated heterocycles. The van der Waals surface area contributed by atoms with Crippen LogP contribution in [0.4, 0.5) is 4.39 Å². The highest BCUT2D eigenvalue weighted by molar-refractivity contribution is 5.85. The number of para-hydroxylation sites is 1. The number of halogens is 1. The smallest absolute Gasteiger partial charge is 0.123 e. The average molecular weight is 294 g/mol. The highest BCUT2D eigenvalue weighted by atomic mass is 19.1. The van der Waals surface area contributed by atoms with Gasteiger partial charge in [-0.3, -0.25) is 4.90 Å². The zero-order chi connectivity index (χ0) is 15.1. The maximum Gasteiger partial charge on any atom is 0.123 e. The van der Waals surface area contributed by atoms with E-state index in [4.69, 9.17) is 0 Å². The molecular formula is C19H19FN2. The molecule has 0 fully saturated rings. The summed E-state index contributed by atoms with van der Waals surface area (Å²) in [6, 6.07) is 15.5. The fraction of sp³-hybridized carbons (Fsp3) is 0.263. The first kappa shape index (κ1) is 13.5. The van der Waals surface area contributed by atoms with Gasteiger partial charge < -0.3 is 4.98 Å². The van der Waals surface area contributed by atoms with Crippen LogP contribution in [0.2, 0.25) is 0 Å². The summed E-state index contributed by atoms with van der Waals surface area (Å²) in [7, 11) is 0. The number of aromatic amines is 1. The molecule has 1 unspecified atom stereocenters. The molecule has 22 heavy (non-hydrogen) atoms. The number of nitrogens with one attached hydrogen (secondary N) is 1. The van der Waals surface area contributed by atoms with Gasteiger partial charge in [-0.05, 0) is 42.3 Å². The van der Waals surface area contributed by atoms with Crippen molar-refractivity contribution in [3.63, 3.8) is 0 Å². The summed E-state index contributed by atoms with van der Waals surface area (Å²) in [5.74, 6) is -0.170. The van der Waals surface area contributed by atoms with Gasteiger partial charge in [0.05, 0.1) is 6.04 Å². The molecule has 2 heterocycles. The van der Waals surface area contributed by atoms with Crippen molar-refractivity contribution < 1.29 is 4.39 Å². The molecule has 0 saturated carbocycles. The number of likely N-dealkylation sites (N-methyl/N-ethyl adjacent to an activating group) is 1. The van der Waals surface area contributed by atoms with E-state index in [0.29, 0.717) is 0 Å². The van der Waals surface area contributed by atoms with Gasteiger partial charge in [0.2, 0.25) is 0 Å². The Labute approximate surface area is 129 Å². The molecule has 4 rings (SSSR count). The second-order valence-electron chi connectivity index (χ2n) is 5.90. The zero-order valence-corrected chi connectivity index (χ0v) is 12.6. The molecular weight excluding hydrogens is 275 g/mol. The maximum absolute atomic E-state index is 13.7. The van der Waals surface area contributed by atoms with Gasteiger partial charge in [-0.25, -0.2) is 4.39 Å². The van der Waals surface area contributed by atoms with E-state index >= 15 is 0 Å². The fourth-order valence-electron chi connectivity index (χ4n) is 3.69. The van der Waals surface area contributed by atoms with Gasteiger partial charge in [-0.1, -0.05) is 37.3 Å². The Hall–Kier alpha value is -2.13. The molecule has 3 aromatic rings. The van der Waals surface area contributed by atoms with Crippen molar-refractivity contribution in [1.29, 1.82) is 0 Å². The number of aromatic nitrogens is 1. The lowest BCUT2D eigenvalue weighted by atomic mass is 9.92. The normalized spacial score (nSPS) is 18.5. The molecule has 2 nitrogen and oxygen atoms in total. The Bertz CT molecular complexity index is 821. The summed E-state index contributed by atoms with van der Waals surface area (Å²) in [5.41, 5.74) is 4.80. The number of hydrogen-bond donors (Lipinski definition) is 1. The van der Waals surface area contributed by atoms with E-state index in [1.165, 1.54) is 28.2 Å². The van der Waals surface area contributed by atoms with Crippen molar-refractivity contribution in [2.75, 3.05) is 13.1 Å². The third-order valence-electron chi connectivity index (χ3n) is 4.70. The van der Waals surface area contributed by atoms with Crippen LogP contribution in [0, 0.1) is 5.82 Å². The second kappa shape index (κ2) is 5.25. The van der Waals surface area contributed by atoms with Crippen molar-refractivity contribution in [1.82, 2.24) is 9.88 Å². The first-order chi connectivity index (χ1) is 10.8. The summed E-state index contributed by atoms with van der Waals surface area (Å²) in [5, 5.41) is 1.30. The van der Waals surface area contributed by atoms with E-state index in [0.717, 1.165) is 25.1 Å². The van der Waals surface area contributed by atoms with E-state index in [1.54, 1.807) is 12.1 Å². The van der Waals surface area contributed by atoms with Crippen molar-refractivity contribution in [2.45, 2.75) is 19.4 Å². The molecule has 0 amide bonds. The van der Waals surface area contributed by atoms with Gasteiger partial charge in [0, 0.05) is 23.1 Å². The monoisotopic (exact) mass is 294 g/mol. The van der Waals surface area contributed by atoms with Crippen LogP contribution in [0.3, 0.4) is 0 Å². The summed E-state index contributed by atoms with van der Waals surface area (Å²) < 4.78 is 13.7. The number of nitrogens with zero attached hydrogens (tertiary/aromatic N) is 1. The average Bonchev–Trinajstić information content (AvgIpc) is 2.92. The fourth-order valence-corrected chi connectivity index (χ4v) is 3.69. The summed E-state index contributed by atoms with van der Waals surface area (Å²) in [4.78, 5) is 5.99. The molecule has 1 aliphatic heterocycles. The van der Waals surface area contributed by atoms with Gasteiger partial charge >= 0.3 is 0 Å². The maximum atomic E-state index is 13.7. The Kier molecular flexibility index (Phi) is 3.23. The molecule has 1 N–H and O–H groups in total. The predicted molar refractivity (Wildman–Crippen MR) is 87.5 cm³/mol. The van der Waals surface area contributed by atoms with Gasteiger partial charge in [-0.2, -0.15) is 0 Å². The molecule has 112 valence electrons. The molecule has 0 radical (unpaired) electrons. The Balaban J connectivity index is 1.92. The van der Waals surface area contributed by atoms with E-state index in [9.17, 15) is 4.39 Å². The van der Waals surface area contributed by atoms with Crippen molar-refractivity contribution in [3.8, 4) is 0 Å². The molecule has 3 heteroatoms. The lowest BCUT2D eigenvalue weighted by molar-refractivity contribution is 0.222. The highest BCUT2D eigenvalue weighted by Gasteiger charge is 2.30. The van der Waals surface area contributed by atoms with Crippen LogP contribution in [-0.4, -0.2) is 23.0 Å². The quantitative estimate of drug-likeness (QED) is 0.747. The minimum atomic E-state index is -0.170. The molecule has 1 atom stereocenters. The Morgan fingerprint density at radius 3 is 2.86 bits per heavy atom. The van der Waals surface area contributed by atoms with E-state index < -0.39 is 0 Å². The molecule has 1 aromatic heterocycles. The number of rotatable bonds is 2. The lowest BCUT2D eigenvalue weighted by Crippen LogP contribution is -2.35. The van der Waals surface area contributed by atoms with Crippen LogP contribution in [-0.2, 0) is 6.42 Å². The third-order valence-corrected chi connectivity index (χ3v) is 4.70. The molecule has 1 aliphatic rings. The SMILES string of the molecule is CCN1CCc2c([nH]c3ccccc23)C1c1cccc(F)c1. The Morgan fingerprint density at radius 2 is 2.05 bits per heavy atom. The first-order valence-corrected chi connectivity index (χ1v) is 7.87. The molecule has 0 aliphatic carbocycles. The van der Waals surface area contributed by atoms with Crippen molar-refractivity contribution in [2.24, 2.45) is 0 Å². The molecule has 0 bridgehead atoms. The number of hydrogen-bond acceptors (Lipinski definition) is 1. The summed E-state index contributed by atoms with van der Waals surface area (Å²) in [6.45, 7) is 4.13. The van der Waals surface area contributed by atoms with Crippen LogP contribution in [0.25, 0.3) is 10.9 Å². The summed E-state index contributed by atoms with van der Waals surface area (Å²) >= 11 is 0. The van der Waals surface area contributed by atoms with Gasteiger partial charge in [0.1, 0.15) is 5.82 Å². The van der Waals surface area contributed by atoms with Crippen LogP contribution in [0.15, 0.2) is 48.5 Å². The molecule has 2 aromatic carbocycles. The van der Waals surface area contributed by atoms with E-state index in [1.807, 2.05) is 6.07 Å². The van der Waals surface area contributed by atoms with Crippen LogP contribution >= 0.6 is 0 Å². The Morgan fingerprint density at radius 1 is 1.18 bits per heavy atom. The first-order valence-electron chi connectivity index (χ1n) is 7.87. The number of fused-ring (bicyclic) bond motifs is 3. The minimum absolute atomic E-state index is 0.108. The van der Waals surface area contributed by atoms with Gasteiger partial charge in [0.25, 0.3) is 0 Å². The highest BCUT2D eigenvalue weighted by Crippen LogP contribution is 2.38. The lowest BCUT2D eigenvalue weighted by Gasteiger charge is -2.35. The van der Waals surface area contributed by atoms with Crippen LogP contribution < -0.4 is 0 Å². The van der Waals surface area contributed by atoms with Gasteiger partial charge in [0.15, 0.2) is 0 Å². The minimum Gasteiger partial charge on any atom is -0.357 e. The largest absolute Gasteiger partial charge is 0.357 e. The van der Waals surface area contributed by atoms with Gasteiger partial charge in [-0.15, -0.1) is 0 Å². The topological polar surface area (TPSA) is 19.0 Å². The predicted octanol–water partition coefficient (Wildman–Crippen LogP) is 4.27. The van der Waals surface area contributed by atoms with Crippen LogP contribution in [0.5, 0.6) is 0 Å². The number of benzene rings is 2. The summed E-state index contributed by atoms with van der Waals surface area (Å²) in [6.07, 6.45) is 1.04. The van der Waals surface area contributed by atoms with E-state index in [-0.39, 0.29) is 11.9 Å². The zero-order valence-electron chi connectivity index (χ0n) is 12.6. The second-order valence-corrected chi connectivity index (χ2v) is 5.90. The standard InChI is InChI=1S/C19H19FN2/c1-2-22-11-10-16-15-8-3-4-9-17(15)21-18(16)19(22)13-6-5-7-14(20)12-13/h3-9,12,19,21H,2,10-11H2,1H3. The molecule has 0 spiro atoms. The third kappa shape index (κ3) is 2.04. The van der Waals surface area contributed by atoms with E-state index in [2.05, 4.69) is 41.1 Å². The number of H-pyrrole nitrogens is 1. The van der Waals surface area contributed by atoms with Crippen molar-refractivity contribution in [3.05, 3.63) is 71.2 Å². The van der Waals surface area contributed by atoms with Crippen molar-refractivity contribution >= 4 is 10.9 Å². The van der Waals surface area contributed by atoms with Crippen LogP contribution in [0.1, 0.15) is 29.8 Å².